The van der Waals surface area contributed by atoms with Crippen LogP contribution in [-0.2, 0) is 22.4 Å². The van der Waals surface area contributed by atoms with Gasteiger partial charge < -0.3 is 14.4 Å². The van der Waals surface area contributed by atoms with E-state index in [9.17, 15) is 4.79 Å². The van der Waals surface area contributed by atoms with Gasteiger partial charge in [-0.1, -0.05) is 42.5 Å². The van der Waals surface area contributed by atoms with E-state index in [1.165, 1.54) is 5.56 Å². The Morgan fingerprint density at radius 3 is 2.75 bits per heavy atom. The number of ether oxygens (including phenoxy) is 2. The molecule has 24 heavy (non-hydrogen) atoms. The summed E-state index contributed by atoms with van der Waals surface area (Å²) in [4.78, 5) is 14.5. The van der Waals surface area contributed by atoms with Crippen molar-refractivity contribution in [3.63, 3.8) is 0 Å². The van der Waals surface area contributed by atoms with Gasteiger partial charge in [-0.2, -0.15) is 0 Å². The summed E-state index contributed by atoms with van der Waals surface area (Å²) >= 11 is 0. The number of benzene rings is 2. The Morgan fingerprint density at radius 1 is 1.17 bits per heavy atom. The predicted molar refractivity (Wildman–Crippen MR) is 93.2 cm³/mol. The summed E-state index contributed by atoms with van der Waals surface area (Å²) in [6.45, 7) is 1.91. The Balaban J connectivity index is 1.58. The van der Waals surface area contributed by atoms with Gasteiger partial charge in [0.2, 0.25) is 5.91 Å². The van der Waals surface area contributed by atoms with Crippen LogP contribution in [0.3, 0.4) is 0 Å². The molecule has 0 spiro atoms. The molecule has 1 saturated heterocycles. The van der Waals surface area contributed by atoms with Crippen molar-refractivity contribution >= 4 is 5.91 Å². The number of amides is 1. The molecular weight excluding hydrogens is 302 g/mol. The van der Waals surface area contributed by atoms with Crippen molar-refractivity contribution in [1.29, 1.82) is 0 Å². The van der Waals surface area contributed by atoms with Gasteiger partial charge in [0.15, 0.2) is 0 Å². The molecule has 1 aliphatic rings. The van der Waals surface area contributed by atoms with Gasteiger partial charge in [0.25, 0.3) is 0 Å². The number of methoxy groups -OCH3 is 1. The molecule has 0 aliphatic carbocycles. The van der Waals surface area contributed by atoms with Crippen LogP contribution in [0.5, 0.6) is 5.75 Å². The van der Waals surface area contributed by atoms with E-state index < -0.39 is 0 Å². The second-order valence-corrected chi connectivity index (χ2v) is 6.05. The summed E-state index contributed by atoms with van der Waals surface area (Å²) in [5.41, 5.74) is 2.22. The third-order valence-electron chi connectivity index (χ3n) is 4.29. The molecule has 1 unspecified atom stereocenters. The van der Waals surface area contributed by atoms with Crippen molar-refractivity contribution in [1.82, 2.24) is 4.90 Å². The molecule has 1 fully saturated rings. The summed E-state index contributed by atoms with van der Waals surface area (Å²) in [5.74, 6) is 0.925. The molecule has 4 nitrogen and oxygen atoms in total. The molecule has 0 saturated carbocycles. The summed E-state index contributed by atoms with van der Waals surface area (Å²) in [7, 11) is 1.64. The Bertz CT molecular complexity index is 672. The average Bonchev–Trinajstić information content (AvgIpc) is 2.63. The molecule has 0 N–H and O–H groups in total. The van der Waals surface area contributed by atoms with Crippen molar-refractivity contribution in [3.8, 4) is 5.75 Å². The predicted octanol–water partition coefficient (Wildman–Crippen LogP) is 2.71. The minimum Gasteiger partial charge on any atom is -0.497 e. The van der Waals surface area contributed by atoms with Crippen molar-refractivity contribution in [3.05, 3.63) is 65.7 Å². The summed E-state index contributed by atoms with van der Waals surface area (Å²) < 4.78 is 11.1. The first-order valence-electron chi connectivity index (χ1n) is 8.31. The number of carbonyl (C=O) groups excluding carboxylic acids is 1. The van der Waals surface area contributed by atoms with E-state index in [0.717, 1.165) is 17.7 Å². The van der Waals surface area contributed by atoms with Crippen LogP contribution in [0.4, 0.5) is 0 Å². The molecule has 1 heterocycles. The monoisotopic (exact) mass is 325 g/mol. The third kappa shape index (κ3) is 4.36. The lowest BCUT2D eigenvalue weighted by Gasteiger charge is -2.33. The number of rotatable bonds is 5. The average molecular weight is 325 g/mol. The lowest BCUT2D eigenvalue weighted by Crippen LogP contribution is -2.46. The van der Waals surface area contributed by atoms with Gasteiger partial charge in [-0.05, 0) is 23.3 Å². The zero-order chi connectivity index (χ0) is 16.8. The van der Waals surface area contributed by atoms with Gasteiger partial charge in [0.1, 0.15) is 5.75 Å². The number of morpholine rings is 1. The SMILES string of the molecule is COc1cccc(CC(=O)N2CCOC(Cc3ccccc3)C2)c1. The van der Waals surface area contributed by atoms with Crippen LogP contribution < -0.4 is 4.74 Å². The molecule has 2 aromatic carbocycles. The van der Waals surface area contributed by atoms with Gasteiger partial charge in [0.05, 0.1) is 26.2 Å². The summed E-state index contributed by atoms with van der Waals surface area (Å²) in [6, 6.07) is 17.9. The molecule has 3 rings (SSSR count). The topological polar surface area (TPSA) is 38.8 Å². The minimum atomic E-state index is 0.0652. The van der Waals surface area contributed by atoms with Gasteiger partial charge in [0, 0.05) is 19.5 Å². The van der Waals surface area contributed by atoms with E-state index in [0.29, 0.717) is 26.1 Å². The molecule has 0 aromatic heterocycles. The van der Waals surface area contributed by atoms with E-state index in [-0.39, 0.29) is 12.0 Å². The molecule has 126 valence electrons. The molecule has 2 aromatic rings. The van der Waals surface area contributed by atoms with Crippen LogP contribution in [0.2, 0.25) is 0 Å². The third-order valence-corrected chi connectivity index (χ3v) is 4.29. The Morgan fingerprint density at radius 2 is 1.96 bits per heavy atom. The van der Waals surface area contributed by atoms with E-state index in [1.54, 1.807) is 7.11 Å². The standard InChI is InChI=1S/C20H23NO3/c1-23-18-9-5-8-17(13-18)14-20(22)21-10-11-24-19(15-21)12-16-6-3-2-4-7-16/h2-9,13,19H,10-12,14-15H2,1H3. The van der Waals surface area contributed by atoms with Crippen molar-refractivity contribution in [2.75, 3.05) is 26.8 Å². The highest BCUT2D eigenvalue weighted by Gasteiger charge is 2.24. The quantitative estimate of drug-likeness (QED) is 0.848. The van der Waals surface area contributed by atoms with E-state index in [2.05, 4.69) is 12.1 Å². The van der Waals surface area contributed by atoms with Crippen LogP contribution in [0.1, 0.15) is 11.1 Å². The number of carbonyl (C=O) groups is 1. The molecule has 0 radical (unpaired) electrons. The molecule has 1 atom stereocenters. The number of hydrogen-bond acceptors (Lipinski definition) is 3. The van der Waals surface area contributed by atoms with Gasteiger partial charge >= 0.3 is 0 Å². The highest BCUT2D eigenvalue weighted by molar-refractivity contribution is 5.79. The van der Waals surface area contributed by atoms with Crippen molar-refractivity contribution < 1.29 is 14.3 Å². The number of hydrogen-bond donors (Lipinski definition) is 0. The highest BCUT2D eigenvalue weighted by atomic mass is 16.5. The maximum absolute atomic E-state index is 12.6. The summed E-state index contributed by atoms with van der Waals surface area (Å²) in [5, 5.41) is 0. The van der Waals surface area contributed by atoms with Crippen molar-refractivity contribution in [2.24, 2.45) is 0 Å². The first-order chi connectivity index (χ1) is 11.7. The Labute approximate surface area is 143 Å². The van der Waals surface area contributed by atoms with Crippen LogP contribution in [0.25, 0.3) is 0 Å². The lowest BCUT2D eigenvalue weighted by molar-refractivity contribution is -0.138. The normalized spacial score (nSPS) is 17.5. The van der Waals surface area contributed by atoms with Gasteiger partial charge in [-0.25, -0.2) is 0 Å². The molecule has 1 aliphatic heterocycles. The van der Waals surface area contributed by atoms with Crippen LogP contribution in [0, 0.1) is 0 Å². The van der Waals surface area contributed by atoms with E-state index in [4.69, 9.17) is 9.47 Å². The molecule has 1 amide bonds. The van der Waals surface area contributed by atoms with E-state index in [1.807, 2.05) is 47.4 Å². The van der Waals surface area contributed by atoms with Gasteiger partial charge in [-0.15, -0.1) is 0 Å². The Kier molecular flexibility index (Phi) is 5.49. The smallest absolute Gasteiger partial charge is 0.227 e. The molecule has 4 heteroatoms. The highest BCUT2D eigenvalue weighted by Crippen LogP contribution is 2.16. The van der Waals surface area contributed by atoms with Crippen molar-refractivity contribution in [2.45, 2.75) is 18.9 Å². The fourth-order valence-electron chi connectivity index (χ4n) is 3.02. The second-order valence-electron chi connectivity index (χ2n) is 6.05. The number of nitrogens with zero attached hydrogens (tertiary/aromatic N) is 1. The van der Waals surface area contributed by atoms with Crippen LogP contribution in [0.15, 0.2) is 54.6 Å². The van der Waals surface area contributed by atoms with Crippen LogP contribution in [-0.4, -0.2) is 43.7 Å². The summed E-state index contributed by atoms with van der Waals surface area (Å²) in [6.07, 6.45) is 1.30. The Hall–Kier alpha value is -2.33. The first kappa shape index (κ1) is 16.5. The fraction of sp³-hybridized carbons (Fsp3) is 0.350. The maximum Gasteiger partial charge on any atom is 0.227 e. The zero-order valence-electron chi connectivity index (χ0n) is 14.0. The fourth-order valence-corrected chi connectivity index (χ4v) is 3.02. The lowest BCUT2D eigenvalue weighted by atomic mass is 10.1. The first-order valence-corrected chi connectivity index (χ1v) is 8.31. The minimum absolute atomic E-state index is 0.0652. The van der Waals surface area contributed by atoms with Gasteiger partial charge in [-0.3, -0.25) is 4.79 Å². The molecule has 0 bridgehead atoms. The molecular formula is C20H23NO3. The zero-order valence-corrected chi connectivity index (χ0v) is 14.0. The van der Waals surface area contributed by atoms with E-state index >= 15 is 0 Å². The van der Waals surface area contributed by atoms with Crippen LogP contribution >= 0.6 is 0 Å². The maximum atomic E-state index is 12.6. The second kappa shape index (κ2) is 7.97. The largest absolute Gasteiger partial charge is 0.497 e.